The third kappa shape index (κ3) is 4.25. The number of aryl methyl sites for hydroxylation is 2. The average Bonchev–Trinajstić information content (AvgIpc) is 3.20. The monoisotopic (exact) mass is 438 g/mol. The molecule has 1 aliphatic rings. The van der Waals surface area contributed by atoms with Crippen molar-refractivity contribution in [2.24, 2.45) is 0 Å². The van der Waals surface area contributed by atoms with Gasteiger partial charge in [-0.15, -0.1) is 0 Å². The van der Waals surface area contributed by atoms with Crippen molar-refractivity contribution in [3.05, 3.63) is 75.6 Å². The molecule has 0 radical (unpaired) electrons. The first-order valence-electron chi connectivity index (χ1n) is 9.62. The molecule has 2 aromatic carbocycles. The zero-order valence-corrected chi connectivity index (χ0v) is 17.7. The molecule has 158 valence electrons. The predicted octanol–water partition coefficient (Wildman–Crippen LogP) is 4.66. The average molecular weight is 438 g/mol. The molecule has 3 amide bonds. The number of imide groups is 1. The van der Waals surface area contributed by atoms with Gasteiger partial charge in [0.1, 0.15) is 11.4 Å². The molecule has 2 heterocycles. The molecule has 3 aromatic rings. The normalized spacial score (nSPS) is 15.3. The summed E-state index contributed by atoms with van der Waals surface area (Å²) in [6.45, 7) is 3.75. The molecule has 0 aliphatic carbocycles. The van der Waals surface area contributed by atoms with E-state index in [4.69, 9.17) is 4.42 Å². The van der Waals surface area contributed by atoms with E-state index in [2.05, 4.69) is 5.32 Å². The fourth-order valence-corrected chi connectivity index (χ4v) is 4.14. The van der Waals surface area contributed by atoms with Gasteiger partial charge in [0.2, 0.25) is 0 Å². The highest BCUT2D eigenvalue weighted by Gasteiger charge is 2.34. The lowest BCUT2D eigenvalue weighted by atomic mass is 10.1. The highest BCUT2D eigenvalue weighted by atomic mass is 32.2. The van der Waals surface area contributed by atoms with Crippen molar-refractivity contribution in [2.75, 3.05) is 13.1 Å². The Morgan fingerprint density at radius 2 is 1.90 bits per heavy atom. The topological polar surface area (TPSA) is 79.6 Å². The molecular weight excluding hydrogens is 419 g/mol. The summed E-state index contributed by atoms with van der Waals surface area (Å²) in [5.41, 5.74) is 2.88. The predicted molar refractivity (Wildman–Crippen MR) is 117 cm³/mol. The number of rotatable bonds is 5. The molecule has 1 N–H and O–H groups in total. The molecule has 1 fully saturated rings. The number of benzene rings is 2. The number of amides is 3. The van der Waals surface area contributed by atoms with Gasteiger partial charge in [0.15, 0.2) is 5.76 Å². The van der Waals surface area contributed by atoms with E-state index in [1.54, 1.807) is 13.0 Å². The van der Waals surface area contributed by atoms with Gasteiger partial charge in [-0.1, -0.05) is 29.8 Å². The fraction of sp³-hybridized carbons (Fsp3) is 0.174. The van der Waals surface area contributed by atoms with Gasteiger partial charge in [0, 0.05) is 24.0 Å². The van der Waals surface area contributed by atoms with E-state index >= 15 is 0 Å². The Morgan fingerprint density at radius 3 is 2.65 bits per heavy atom. The van der Waals surface area contributed by atoms with E-state index in [1.807, 2.05) is 31.2 Å². The molecule has 1 saturated heterocycles. The summed E-state index contributed by atoms with van der Waals surface area (Å²) in [5.74, 6) is -1.22. The van der Waals surface area contributed by atoms with Crippen LogP contribution in [0.4, 0.5) is 9.18 Å². The van der Waals surface area contributed by atoms with Crippen LogP contribution in [0, 0.1) is 19.7 Å². The molecule has 0 saturated carbocycles. The molecular formula is C23H19FN2O4S. The molecule has 6 nitrogen and oxygen atoms in total. The lowest BCUT2D eigenvalue weighted by molar-refractivity contribution is -0.122. The van der Waals surface area contributed by atoms with E-state index in [-0.39, 0.29) is 30.0 Å². The number of nitrogens with zero attached hydrogens (tertiary/aromatic N) is 1. The minimum Gasteiger partial charge on any atom is -0.451 e. The Balaban J connectivity index is 1.40. The molecule has 0 atom stereocenters. The largest absolute Gasteiger partial charge is 0.451 e. The molecule has 4 rings (SSSR count). The first-order chi connectivity index (χ1) is 14.8. The van der Waals surface area contributed by atoms with Crippen molar-refractivity contribution in [3.63, 3.8) is 0 Å². The van der Waals surface area contributed by atoms with Gasteiger partial charge in [-0.05, 0) is 55.4 Å². The Bertz CT molecular complexity index is 1230. The van der Waals surface area contributed by atoms with Crippen molar-refractivity contribution in [2.45, 2.75) is 13.8 Å². The van der Waals surface area contributed by atoms with Gasteiger partial charge in [-0.2, -0.15) is 0 Å². The van der Waals surface area contributed by atoms with E-state index in [0.717, 1.165) is 27.8 Å². The maximum atomic E-state index is 13.4. The number of carbonyl (C=O) groups is 3. The van der Waals surface area contributed by atoms with Crippen LogP contribution in [-0.2, 0) is 4.79 Å². The standard InChI is InChI=1S/C23H19FN2O4S/c1-13-3-5-15(6-4-13)11-19-22(28)26(23(29)31-19)10-9-25-21(27)20-14(2)17-12-16(24)7-8-18(17)30-20/h3-8,11-12H,9-10H2,1-2H3,(H,25,27)/b19-11-. The lowest BCUT2D eigenvalue weighted by Gasteiger charge is -2.12. The van der Waals surface area contributed by atoms with Crippen molar-refractivity contribution >= 4 is 45.9 Å². The van der Waals surface area contributed by atoms with Crippen LogP contribution < -0.4 is 5.32 Å². The molecule has 31 heavy (non-hydrogen) atoms. The number of fused-ring (bicyclic) bond motifs is 1. The Morgan fingerprint density at radius 1 is 1.16 bits per heavy atom. The van der Waals surface area contributed by atoms with Crippen molar-refractivity contribution in [3.8, 4) is 0 Å². The summed E-state index contributed by atoms with van der Waals surface area (Å²) in [5, 5.41) is 2.80. The Kier molecular flexibility index (Phi) is 5.65. The van der Waals surface area contributed by atoms with Gasteiger partial charge >= 0.3 is 0 Å². The number of carbonyl (C=O) groups excluding carboxylic acids is 3. The second kappa shape index (κ2) is 8.39. The van der Waals surface area contributed by atoms with E-state index in [0.29, 0.717) is 21.4 Å². The van der Waals surface area contributed by atoms with Gasteiger partial charge in [-0.25, -0.2) is 4.39 Å². The third-order valence-corrected chi connectivity index (χ3v) is 5.88. The Labute approximate surface area is 182 Å². The number of hydrogen-bond donors (Lipinski definition) is 1. The molecule has 1 aromatic heterocycles. The molecule has 8 heteroatoms. The highest BCUT2D eigenvalue weighted by Crippen LogP contribution is 2.32. The number of hydrogen-bond acceptors (Lipinski definition) is 5. The van der Waals surface area contributed by atoms with Crippen molar-refractivity contribution in [1.29, 1.82) is 0 Å². The minimum absolute atomic E-state index is 0.0373. The van der Waals surface area contributed by atoms with Crippen LogP contribution in [0.3, 0.4) is 0 Å². The van der Waals surface area contributed by atoms with E-state index in [9.17, 15) is 18.8 Å². The number of halogens is 1. The maximum Gasteiger partial charge on any atom is 0.293 e. The van der Waals surface area contributed by atoms with Crippen LogP contribution in [0.1, 0.15) is 27.2 Å². The summed E-state index contributed by atoms with van der Waals surface area (Å²) in [6.07, 6.45) is 1.68. The molecule has 0 bridgehead atoms. The molecule has 1 aliphatic heterocycles. The quantitative estimate of drug-likeness (QED) is 0.587. The SMILES string of the molecule is Cc1ccc(/C=C2\SC(=O)N(CCNC(=O)c3oc4ccc(F)cc4c3C)C2=O)cc1. The number of furan rings is 1. The summed E-state index contributed by atoms with van der Waals surface area (Å²) in [4.78, 5) is 38.8. The lowest BCUT2D eigenvalue weighted by Crippen LogP contribution is -2.37. The fourth-order valence-electron chi connectivity index (χ4n) is 3.28. The van der Waals surface area contributed by atoms with Crippen LogP contribution in [0.25, 0.3) is 17.0 Å². The van der Waals surface area contributed by atoms with E-state index in [1.165, 1.54) is 18.2 Å². The van der Waals surface area contributed by atoms with Crippen LogP contribution in [0.15, 0.2) is 51.8 Å². The van der Waals surface area contributed by atoms with Gasteiger partial charge < -0.3 is 9.73 Å². The first kappa shape index (κ1) is 20.9. The number of nitrogens with one attached hydrogen (secondary N) is 1. The van der Waals surface area contributed by atoms with E-state index < -0.39 is 11.7 Å². The van der Waals surface area contributed by atoms with Gasteiger partial charge in [0.25, 0.3) is 17.1 Å². The second-order valence-corrected chi connectivity index (χ2v) is 8.19. The molecule has 0 unspecified atom stereocenters. The number of thioether (sulfide) groups is 1. The van der Waals surface area contributed by atoms with Crippen LogP contribution >= 0.6 is 11.8 Å². The first-order valence-corrected chi connectivity index (χ1v) is 10.4. The highest BCUT2D eigenvalue weighted by molar-refractivity contribution is 8.18. The summed E-state index contributed by atoms with van der Waals surface area (Å²) in [7, 11) is 0. The van der Waals surface area contributed by atoms with Crippen molar-refractivity contribution in [1.82, 2.24) is 10.2 Å². The van der Waals surface area contributed by atoms with Crippen LogP contribution in [0.5, 0.6) is 0 Å². The Hall–Kier alpha value is -3.39. The summed E-state index contributed by atoms with van der Waals surface area (Å²) < 4.78 is 19.0. The van der Waals surface area contributed by atoms with Crippen LogP contribution in [0.2, 0.25) is 0 Å². The zero-order chi connectivity index (χ0) is 22.1. The second-order valence-electron chi connectivity index (χ2n) is 7.20. The minimum atomic E-state index is -0.490. The summed E-state index contributed by atoms with van der Waals surface area (Å²) in [6, 6.07) is 11.7. The smallest absolute Gasteiger partial charge is 0.293 e. The molecule has 0 spiro atoms. The summed E-state index contributed by atoms with van der Waals surface area (Å²) >= 11 is 0.875. The zero-order valence-electron chi connectivity index (χ0n) is 16.9. The van der Waals surface area contributed by atoms with Gasteiger partial charge in [0.05, 0.1) is 4.91 Å². The maximum absolute atomic E-state index is 13.4. The van der Waals surface area contributed by atoms with Crippen molar-refractivity contribution < 1.29 is 23.2 Å². The van der Waals surface area contributed by atoms with Gasteiger partial charge in [-0.3, -0.25) is 19.3 Å². The van der Waals surface area contributed by atoms with Crippen LogP contribution in [-0.4, -0.2) is 35.0 Å². The third-order valence-electron chi connectivity index (χ3n) is 4.97.